The maximum atomic E-state index is 6.06. The molecule has 0 saturated carbocycles. The molecular weight excluding hydrogens is 228 g/mol. The molecule has 0 amide bonds. The van der Waals surface area contributed by atoms with Crippen molar-refractivity contribution >= 4 is 22.4 Å². The molecule has 0 aliphatic carbocycles. The summed E-state index contributed by atoms with van der Waals surface area (Å²) in [6, 6.07) is 15.1. The van der Waals surface area contributed by atoms with E-state index in [4.69, 9.17) is 11.6 Å². The number of hydrogen-bond donors (Lipinski definition) is 0. The zero-order chi connectivity index (χ0) is 12.3. The van der Waals surface area contributed by atoms with Crippen molar-refractivity contribution in [2.24, 2.45) is 11.8 Å². The Morgan fingerprint density at radius 3 is 2.41 bits per heavy atom. The lowest BCUT2D eigenvalue weighted by Gasteiger charge is -2.19. The second kappa shape index (κ2) is 5.55. The molecule has 2 rings (SSSR count). The van der Waals surface area contributed by atoms with E-state index in [1.54, 1.807) is 0 Å². The minimum Gasteiger partial charge on any atom is -0.126 e. The number of halogens is 1. The molecule has 0 aromatic heterocycles. The van der Waals surface area contributed by atoms with Gasteiger partial charge >= 0.3 is 0 Å². The molecule has 0 heterocycles. The summed E-state index contributed by atoms with van der Waals surface area (Å²) in [6.07, 6.45) is 1.07. The summed E-state index contributed by atoms with van der Waals surface area (Å²) in [5.74, 6) is 1.93. The Morgan fingerprint density at radius 1 is 1.00 bits per heavy atom. The summed E-state index contributed by atoms with van der Waals surface area (Å²) in [6.45, 7) is 4.50. The summed E-state index contributed by atoms with van der Waals surface area (Å²) in [7, 11) is 0. The molecule has 1 atom stereocenters. The van der Waals surface area contributed by atoms with Gasteiger partial charge in [-0.15, -0.1) is 11.6 Å². The predicted octanol–water partition coefficient (Wildman–Crippen LogP) is 4.89. The van der Waals surface area contributed by atoms with Crippen LogP contribution < -0.4 is 0 Å². The first kappa shape index (κ1) is 12.4. The highest BCUT2D eigenvalue weighted by Crippen LogP contribution is 2.24. The van der Waals surface area contributed by atoms with Crippen LogP contribution in [0.3, 0.4) is 0 Å². The lowest BCUT2D eigenvalue weighted by Crippen LogP contribution is -2.13. The summed E-state index contributed by atoms with van der Waals surface area (Å²) in [5, 5.41) is 2.69. The maximum absolute atomic E-state index is 6.06. The first-order valence-corrected chi connectivity index (χ1v) is 6.78. The highest BCUT2D eigenvalue weighted by molar-refractivity contribution is 6.18. The second-order valence-electron chi connectivity index (χ2n) is 5.00. The summed E-state index contributed by atoms with van der Waals surface area (Å²) in [4.78, 5) is 0. The largest absolute Gasteiger partial charge is 0.126 e. The zero-order valence-corrected chi connectivity index (χ0v) is 11.2. The van der Waals surface area contributed by atoms with E-state index in [0.29, 0.717) is 11.8 Å². The van der Waals surface area contributed by atoms with Crippen molar-refractivity contribution in [1.29, 1.82) is 0 Å². The molecule has 90 valence electrons. The molecule has 2 aromatic rings. The molecule has 0 radical (unpaired) electrons. The first-order valence-electron chi connectivity index (χ1n) is 6.25. The van der Waals surface area contributed by atoms with Crippen LogP contribution in [0.25, 0.3) is 10.8 Å². The fraction of sp³-hybridized carbons (Fsp3) is 0.375. The molecule has 0 saturated heterocycles. The lowest BCUT2D eigenvalue weighted by atomic mass is 9.89. The standard InChI is InChI=1S/C16H19Cl/c1-12(2)15(11-17)10-14-8-5-7-13-6-3-4-9-16(13)14/h3-9,12,15H,10-11H2,1-2H3. The van der Waals surface area contributed by atoms with E-state index >= 15 is 0 Å². The van der Waals surface area contributed by atoms with Crippen molar-refractivity contribution in [3.05, 3.63) is 48.0 Å². The molecule has 0 aliphatic rings. The van der Waals surface area contributed by atoms with Crippen LogP contribution in [0.1, 0.15) is 19.4 Å². The third-order valence-corrected chi connectivity index (χ3v) is 3.90. The van der Waals surface area contributed by atoms with Crippen LogP contribution in [0.4, 0.5) is 0 Å². The van der Waals surface area contributed by atoms with Gasteiger partial charge in [0.05, 0.1) is 0 Å². The van der Waals surface area contributed by atoms with E-state index in [9.17, 15) is 0 Å². The van der Waals surface area contributed by atoms with Crippen LogP contribution in [0.2, 0.25) is 0 Å². The monoisotopic (exact) mass is 246 g/mol. The Balaban J connectivity index is 2.35. The van der Waals surface area contributed by atoms with Gasteiger partial charge in [0.2, 0.25) is 0 Å². The van der Waals surface area contributed by atoms with Crippen LogP contribution in [0.15, 0.2) is 42.5 Å². The van der Waals surface area contributed by atoms with E-state index in [-0.39, 0.29) is 0 Å². The van der Waals surface area contributed by atoms with E-state index in [2.05, 4.69) is 56.3 Å². The van der Waals surface area contributed by atoms with Crippen molar-refractivity contribution < 1.29 is 0 Å². The number of benzene rings is 2. The molecule has 0 bridgehead atoms. The van der Waals surface area contributed by atoms with Gasteiger partial charge in [-0.25, -0.2) is 0 Å². The molecule has 0 aliphatic heterocycles. The number of alkyl halides is 1. The van der Waals surface area contributed by atoms with Crippen molar-refractivity contribution in [3.8, 4) is 0 Å². The van der Waals surface area contributed by atoms with Crippen LogP contribution in [0.5, 0.6) is 0 Å². The van der Waals surface area contributed by atoms with Crippen molar-refractivity contribution in [2.75, 3.05) is 5.88 Å². The van der Waals surface area contributed by atoms with E-state index in [0.717, 1.165) is 12.3 Å². The molecule has 17 heavy (non-hydrogen) atoms. The molecule has 1 unspecified atom stereocenters. The Labute approximate surface area is 109 Å². The fourth-order valence-corrected chi connectivity index (χ4v) is 2.69. The van der Waals surface area contributed by atoms with Crippen LogP contribution in [-0.4, -0.2) is 5.88 Å². The number of fused-ring (bicyclic) bond motifs is 1. The topological polar surface area (TPSA) is 0 Å². The van der Waals surface area contributed by atoms with Crippen LogP contribution in [0, 0.1) is 11.8 Å². The van der Waals surface area contributed by atoms with Crippen LogP contribution in [-0.2, 0) is 6.42 Å². The average molecular weight is 247 g/mol. The normalized spacial score (nSPS) is 13.2. The molecule has 0 spiro atoms. The molecule has 0 fully saturated rings. The number of rotatable bonds is 4. The Bertz CT molecular complexity index is 482. The zero-order valence-electron chi connectivity index (χ0n) is 10.5. The highest BCUT2D eigenvalue weighted by atomic mass is 35.5. The third kappa shape index (κ3) is 2.81. The quantitative estimate of drug-likeness (QED) is 0.674. The van der Waals surface area contributed by atoms with Gasteiger partial charge < -0.3 is 0 Å². The van der Waals surface area contributed by atoms with Gasteiger partial charge in [0.15, 0.2) is 0 Å². The van der Waals surface area contributed by atoms with Gasteiger partial charge in [-0.2, -0.15) is 0 Å². The third-order valence-electron chi connectivity index (χ3n) is 3.50. The molecular formula is C16H19Cl. The molecule has 1 heteroatoms. The minimum absolute atomic E-state index is 0.558. The van der Waals surface area contributed by atoms with Gasteiger partial charge in [0.1, 0.15) is 0 Å². The number of hydrogen-bond acceptors (Lipinski definition) is 0. The van der Waals surface area contributed by atoms with Crippen molar-refractivity contribution in [3.63, 3.8) is 0 Å². The summed E-state index contributed by atoms with van der Waals surface area (Å²) >= 11 is 6.06. The maximum Gasteiger partial charge on any atom is 0.0257 e. The van der Waals surface area contributed by atoms with Gasteiger partial charge in [-0.1, -0.05) is 56.3 Å². The Hall–Kier alpha value is -1.01. The first-order chi connectivity index (χ1) is 8.22. The summed E-state index contributed by atoms with van der Waals surface area (Å²) < 4.78 is 0. The van der Waals surface area contributed by atoms with Gasteiger partial charge in [-0.05, 0) is 34.6 Å². The highest BCUT2D eigenvalue weighted by Gasteiger charge is 2.14. The van der Waals surface area contributed by atoms with E-state index in [1.165, 1.54) is 16.3 Å². The minimum atomic E-state index is 0.558. The smallest absolute Gasteiger partial charge is 0.0257 e. The molecule has 0 N–H and O–H groups in total. The molecule has 0 nitrogen and oxygen atoms in total. The predicted molar refractivity (Wildman–Crippen MR) is 76.7 cm³/mol. The summed E-state index contributed by atoms with van der Waals surface area (Å²) in [5.41, 5.74) is 1.42. The second-order valence-corrected chi connectivity index (χ2v) is 5.31. The van der Waals surface area contributed by atoms with Crippen LogP contribution >= 0.6 is 11.6 Å². The SMILES string of the molecule is CC(C)C(CCl)Cc1cccc2ccccc12. The average Bonchev–Trinajstić information content (AvgIpc) is 2.35. The van der Waals surface area contributed by atoms with Crippen molar-refractivity contribution in [2.45, 2.75) is 20.3 Å². The van der Waals surface area contributed by atoms with Crippen molar-refractivity contribution in [1.82, 2.24) is 0 Å². The van der Waals surface area contributed by atoms with Gasteiger partial charge in [0.25, 0.3) is 0 Å². The Morgan fingerprint density at radius 2 is 1.71 bits per heavy atom. The van der Waals surface area contributed by atoms with Gasteiger partial charge in [-0.3, -0.25) is 0 Å². The van der Waals surface area contributed by atoms with Gasteiger partial charge in [0, 0.05) is 5.88 Å². The Kier molecular flexibility index (Phi) is 4.06. The fourth-order valence-electron chi connectivity index (χ4n) is 2.22. The van der Waals surface area contributed by atoms with E-state index < -0.39 is 0 Å². The molecule has 2 aromatic carbocycles. The van der Waals surface area contributed by atoms with E-state index in [1.807, 2.05) is 0 Å². The lowest BCUT2D eigenvalue weighted by molar-refractivity contribution is 0.423.